The van der Waals surface area contributed by atoms with Crippen molar-refractivity contribution in [2.75, 3.05) is 0 Å². The van der Waals surface area contributed by atoms with Gasteiger partial charge in [-0.1, -0.05) is 48.0 Å². The van der Waals surface area contributed by atoms with Crippen molar-refractivity contribution in [2.24, 2.45) is 5.73 Å². The summed E-state index contributed by atoms with van der Waals surface area (Å²) in [5.41, 5.74) is 5.81. The lowest BCUT2D eigenvalue weighted by Gasteiger charge is -2.11. The topological polar surface area (TPSA) is 95.7 Å². The third-order valence-corrected chi connectivity index (χ3v) is 4.84. The zero-order valence-corrected chi connectivity index (χ0v) is 14.7. The minimum atomic E-state index is -4.25. The zero-order chi connectivity index (χ0) is 19.8. The van der Waals surface area contributed by atoms with Gasteiger partial charge < -0.3 is 14.7 Å². The Balaban J connectivity index is 1.87. The summed E-state index contributed by atoms with van der Waals surface area (Å²) in [4.78, 5) is 12.6. The number of hydrogen-bond acceptors (Lipinski definition) is 6. The Hall–Kier alpha value is -2.58. The summed E-state index contributed by atoms with van der Waals surface area (Å²) in [7, 11) is -4.25. The van der Waals surface area contributed by atoms with E-state index in [0.29, 0.717) is 5.56 Å². The summed E-state index contributed by atoms with van der Waals surface area (Å²) in [5.74, 6) is -3.85. The molecule has 26 heavy (non-hydrogen) atoms. The SMILES string of the molecule is [2H][C@@]1(c2ccc(F)cc2Cl)OC(N)=C(OS(=O)(=O)Cc2ccccc2)C1=O. The fraction of sp³-hybridized carbons (Fsp3) is 0.118. The summed E-state index contributed by atoms with van der Waals surface area (Å²) in [6.45, 7) is 0. The van der Waals surface area contributed by atoms with Gasteiger partial charge >= 0.3 is 10.1 Å². The van der Waals surface area contributed by atoms with Gasteiger partial charge in [0.25, 0.3) is 0 Å². The number of carbonyl (C=O) groups is 1. The van der Waals surface area contributed by atoms with Gasteiger partial charge in [-0.05, 0) is 17.7 Å². The molecule has 0 aliphatic carbocycles. The monoisotopic (exact) mass is 398 g/mol. The van der Waals surface area contributed by atoms with E-state index in [1.165, 1.54) is 0 Å². The zero-order valence-electron chi connectivity index (χ0n) is 14.1. The van der Waals surface area contributed by atoms with Gasteiger partial charge in [-0.15, -0.1) is 0 Å². The van der Waals surface area contributed by atoms with Gasteiger partial charge in [-0.2, -0.15) is 8.42 Å². The second-order valence-electron chi connectivity index (χ2n) is 5.35. The molecule has 0 aromatic heterocycles. The molecule has 1 aliphatic heterocycles. The molecule has 0 radical (unpaired) electrons. The van der Waals surface area contributed by atoms with Crippen molar-refractivity contribution in [3.05, 3.63) is 82.1 Å². The molecule has 0 saturated heterocycles. The van der Waals surface area contributed by atoms with Gasteiger partial charge in [0.15, 0.2) is 6.08 Å². The predicted molar refractivity (Wildman–Crippen MR) is 91.6 cm³/mol. The van der Waals surface area contributed by atoms with Crippen LogP contribution < -0.4 is 5.73 Å². The first-order valence-corrected chi connectivity index (χ1v) is 9.23. The molecule has 3 rings (SSSR count). The molecule has 0 spiro atoms. The number of hydrogen-bond donors (Lipinski definition) is 1. The van der Waals surface area contributed by atoms with Gasteiger partial charge in [-0.25, -0.2) is 4.39 Å². The van der Waals surface area contributed by atoms with Crippen molar-refractivity contribution < 1.29 is 27.9 Å². The normalized spacial score (nSPS) is 20.7. The van der Waals surface area contributed by atoms with E-state index in [2.05, 4.69) is 0 Å². The van der Waals surface area contributed by atoms with Crippen molar-refractivity contribution in [3.63, 3.8) is 0 Å². The van der Waals surface area contributed by atoms with Crippen LogP contribution in [0.15, 0.2) is 60.2 Å². The number of halogens is 2. The lowest BCUT2D eigenvalue weighted by atomic mass is 10.1. The van der Waals surface area contributed by atoms with E-state index >= 15 is 0 Å². The molecule has 2 N–H and O–H groups in total. The number of Topliss-reactive ketones (excluding diaryl/α,β-unsaturated/α-hetero) is 1. The molecule has 0 unspecified atom stereocenters. The molecule has 2 aromatic rings. The highest BCUT2D eigenvalue weighted by atomic mass is 35.5. The molecule has 1 atom stereocenters. The molecule has 9 heteroatoms. The molecule has 1 heterocycles. The van der Waals surface area contributed by atoms with Crippen LogP contribution in [0.2, 0.25) is 5.02 Å². The summed E-state index contributed by atoms with van der Waals surface area (Å²) >= 11 is 5.89. The largest absolute Gasteiger partial charge is 0.460 e. The minimum absolute atomic E-state index is 0.197. The molecule has 136 valence electrons. The second-order valence-corrected chi connectivity index (χ2v) is 7.33. The van der Waals surface area contributed by atoms with Crippen LogP contribution in [-0.4, -0.2) is 14.2 Å². The Morgan fingerprint density at radius 2 is 1.96 bits per heavy atom. The smallest absolute Gasteiger partial charge is 0.313 e. The number of carbonyl (C=O) groups excluding carboxylic acids is 1. The van der Waals surface area contributed by atoms with E-state index in [1.54, 1.807) is 30.3 Å². The molecule has 0 fully saturated rings. The van der Waals surface area contributed by atoms with Crippen molar-refractivity contribution in [3.8, 4) is 0 Å². The van der Waals surface area contributed by atoms with Crippen molar-refractivity contribution in [1.82, 2.24) is 0 Å². The molecular weight excluding hydrogens is 385 g/mol. The van der Waals surface area contributed by atoms with Gasteiger partial charge in [0, 0.05) is 5.56 Å². The lowest BCUT2D eigenvalue weighted by Crippen LogP contribution is -2.16. The average Bonchev–Trinajstić information content (AvgIpc) is 2.79. The van der Waals surface area contributed by atoms with Crippen LogP contribution in [0.5, 0.6) is 0 Å². The fourth-order valence-electron chi connectivity index (χ4n) is 2.28. The van der Waals surface area contributed by atoms with Crippen LogP contribution in [0.4, 0.5) is 4.39 Å². The Morgan fingerprint density at radius 3 is 2.62 bits per heavy atom. The molecule has 0 bridgehead atoms. The van der Waals surface area contributed by atoms with Crippen molar-refractivity contribution in [1.29, 1.82) is 0 Å². The minimum Gasteiger partial charge on any atom is -0.460 e. The van der Waals surface area contributed by atoms with Crippen LogP contribution in [-0.2, 0) is 29.6 Å². The number of benzene rings is 2. The number of nitrogens with two attached hydrogens (primary N) is 1. The Labute approximate surface area is 155 Å². The number of ketones is 1. The average molecular weight is 399 g/mol. The standard InChI is InChI=1S/C17H13ClFNO5S/c18-13-8-11(19)6-7-12(13)15-14(21)16(17(20)24-15)25-26(22,23)9-10-4-2-1-3-5-10/h1-8,15H,9,20H2/t15-/m0/s1/i15D. The summed E-state index contributed by atoms with van der Waals surface area (Å²) in [5, 5.41) is -0.250. The molecule has 0 amide bonds. The van der Waals surface area contributed by atoms with Gasteiger partial charge in [-0.3, -0.25) is 4.79 Å². The first-order valence-electron chi connectivity index (χ1n) is 7.77. The Kier molecular flexibility index (Phi) is 4.52. The van der Waals surface area contributed by atoms with E-state index < -0.39 is 45.2 Å². The van der Waals surface area contributed by atoms with Crippen LogP contribution in [0.1, 0.15) is 18.6 Å². The van der Waals surface area contributed by atoms with Gasteiger partial charge in [0.1, 0.15) is 11.6 Å². The van der Waals surface area contributed by atoms with Crippen LogP contribution in [0.25, 0.3) is 0 Å². The molecular formula is C17H13ClFNO5S. The van der Waals surface area contributed by atoms with Crippen molar-refractivity contribution >= 4 is 27.5 Å². The summed E-state index contributed by atoms with van der Waals surface area (Å²) in [6.07, 6.45) is -2.48. The maximum atomic E-state index is 13.2. The highest BCUT2D eigenvalue weighted by molar-refractivity contribution is 7.86. The second kappa shape index (κ2) is 6.97. The maximum Gasteiger partial charge on any atom is 0.313 e. The predicted octanol–water partition coefficient (Wildman–Crippen LogP) is 2.79. The number of rotatable bonds is 5. The highest BCUT2D eigenvalue weighted by Crippen LogP contribution is 2.36. The first-order chi connectivity index (χ1) is 12.6. The highest BCUT2D eigenvalue weighted by Gasteiger charge is 2.40. The van der Waals surface area contributed by atoms with E-state index in [9.17, 15) is 17.6 Å². The van der Waals surface area contributed by atoms with Gasteiger partial charge in [0.2, 0.25) is 17.4 Å². The van der Waals surface area contributed by atoms with E-state index in [0.717, 1.165) is 18.2 Å². The summed E-state index contributed by atoms with van der Waals surface area (Å²) in [6, 6.07) is 11.1. The van der Waals surface area contributed by atoms with Crippen LogP contribution in [0, 0.1) is 5.82 Å². The number of ether oxygens (including phenoxy) is 1. The third kappa shape index (κ3) is 3.81. The third-order valence-electron chi connectivity index (χ3n) is 3.42. The first kappa shape index (κ1) is 16.9. The van der Waals surface area contributed by atoms with Crippen molar-refractivity contribution in [2.45, 2.75) is 11.8 Å². The molecule has 1 aliphatic rings. The Bertz CT molecular complexity index is 1040. The molecule has 0 saturated carbocycles. The molecule has 6 nitrogen and oxygen atoms in total. The van der Waals surface area contributed by atoms with E-state index in [-0.39, 0.29) is 10.6 Å². The lowest BCUT2D eigenvalue weighted by molar-refractivity contribution is -0.123. The van der Waals surface area contributed by atoms with E-state index in [1.807, 2.05) is 0 Å². The quantitative estimate of drug-likeness (QED) is 0.778. The maximum absolute atomic E-state index is 13.2. The van der Waals surface area contributed by atoms with Gasteiger partial charge in [0.05, 0.1) is 6.39 Å². The molecule has 2 aromatic carbocycles. The Morgan fingerprint density at radius 1 is 1.27 bits per heavy atom. The summed E-state index contributed by atoms with van der Waals surface area (Å²) < 4.78 is 55.9. The fourth-order valence-corrected chi connectivity index (χ4v) is 3.61. The van der Waals surface area contributed by atoms with Crippen LogP contribution >= 0.6 is 11.6 Å². The van der Waals surface area contributed by atoms with E-state index in [4.69, 9.17) is 27.6 Å². The van der Waals surface area contributed by atoms with Crippen LogP contribution in [0.3, 0.4) is 0 Å².